The smallest absolute Gasteiger partial charge is 0.178 e. The highest BCUT2D eigenvalue weighted by Gasteiger charge is 2.34. The lowest BCUT2D eigenvalue weighted by atomic mass is 10.1. The van der Waals surface area contributed by atoms with Crippen LogP contribution in [0.4, 0.5) is 0 Å². The first-order valence-electron chi connectivity index (χ1n) is 6.31. The van der Waals surface area contributed by atoms with Crippen LogP contribution >= 0.6 is 11.6 Å². The molecule has 2 rings (SSSR count). The molecule has 0 N–H and O–H groups in total. The van der Waals surface area contributed by atoms with Gasteiger partial charge in [-0.05, 0) is 44.5 Å². The quantitative estimate of drug-likeness (QED) is 0.803. The fraction of sp³-hybridized carbons (Fsp3) is 0.500. The van der Waals surface area contributed by atoms with Gasteiger partial charge in [-0.1, -0.05) is 11.6 Å². The van der Waals surface area contributed by atoms with Crippen molar-refractivity contribution in [1.29, 1.82) is 0 Å². The third-order valence-corrected chi connectivity index (χ3v) is 5.83. The van der Waals surface area contributed by atoms with Crippen molar-refractivity contribution in [2.45, 2.75) is 36.9 Å². The van der Waals surface area contributed by atoms with Crippen molar-refractivity contribution in [2.24, 2.45) is 0 Å². The lowest BCUT2D eigenvalue weighted by Gasteiger charge is -2.18. The number of halogens is 1. The first kappa shape index (κ1) is 14.7. The number of benzene rings is 1. The molecule has 0 aliphatic carbocycles. The minimum Gasteiger partial charge on any atom is -0.377 e. The Balaban J connectivity index is 2.10. The number of hydrogen-bond donors (Lipinski definition) is 0. The lowest BCUT2D eigenvalue weighted by Crippen LogP contribution is -2.34. The Morgan fingerprint density at radius 1 is 1.42 bits per heavy atom. The van der Waals surface area contributed by atoms with Crippen molar-refractivity contribution in [3.8, 4) is 0 Å². The maximum absolute atomic E-state index is 12.4. The number of ether oxygens (including phenoxy) is 1. The number of Topliss-reactive ketones (excluding diaryl/α,β-unsaturated/α-hetero) is 1. The van der Waals surface area contributed by atoms with Crippen molar-refractivity contribution >= 4 is 28.2 Å². The van der Waals surface area contributed by atoms with E-state index < -0.39 is 16.0 Å². The second kappa shape index (κ2) is 6.16. The summed E-state index contributed by atoms with van der Waals surface area (Å²) in [5.74, 6) is -0.103. The molecule has 1 saturated heterocycles. The highest BCUT2D eigenvalue weighted by atomic mass is 35.5. The van der Waals surface area contributed by atoms with E-state index in [-0.39, 0.29) is 17.1 Å². The predicted octanol–water partition coefficient (Wildman–Crippen LogP) is 2.84. The molecule has 4 unspecified atom stereocenters. The van der Waals surface area contributed by atoms with Crippen molar-refractivity contribution in [3.63, 3.8) is 0 Å². The number of carbonyl (C=O) groups excluding carboxylic acids is 1. The topological polar surface area (TPSA) is 43.4 Å². The third kappa shape index (κ3) is 3.25. The van der Waals surface area contributed by atoms with Crippen LogP contribution in [0.25, 0.3) is 0 Å². The van der Waals surface area contributed by atoms with E-state index >= 15 is 0 Å². The van der Waals surface area contributed by atoms with E-state index in [0.717, 1.165) is 6.42 Å². The fourth-order valence-corrected chi connectivity index (χ4v) is 4.02. The largest absolute Gasteiger partial charge is 0.377 e. The summed E-state index contributed by atoms with van der Waals surface area (Å²) >= 11 is 5.79. The van der Waals surface area contributed by atoms with Crippen molar-refractivity contribution < 1.29 is 13.7 Å². The molecule has 1 aliphatic heterocycles. The number of rotatable bonds is 4. The van der Waals surface area contributed by atoms with Gasteiger partial charge < -0.3 is 4.74 Å². The molecular weight excluding hydrogens is 284 g/mol. The highest BCUT2D eigenvalue weighted by Crippen LogP contribution is 2.23. The Morgan fingerprint density at radius 3 is 2.58 bits per heavy atom. The Hall–Kier alpha value is -0.710. The minimum absolute atomic E-state index is 0.0405. The molecule has 0 bridgehead atoms. The molecule has 1 aliphatic rings. The standard InChI is InChI=1S/C14H17ClO3S/c1-9-13(7-8-18-9)19(17)10(2)14(16)11-3-5-12(15)6-4-11/h3-6,9-10,13H,7-8H2,1-2H3. The van der Waals surface area contributed by atoms with E-state index in [2.05, 4.69) is 0 Å². The summed E-state index contributed by atoms with van der Waals surface area (Å²) in [5.41, 5.74) is 0.553. The van der Waals surface area contributed by atoms with Gasteiger partial charge in [0.05, 0.1) is 16.6 Å². The van der Waals surface area contributed by atoms with Gasteiger partial charge in [0.25, 0.3) is 0 Å². The van der Waals surface area contributed by atoms with Crippen molar-refractivity contribution in [1.82, 2.24) is 0 Å². The number of carbonyl (C=O) groups is 1. The van der Waals surface area contributed by atoms with Gasteiger partial charge in [-0.3, -0.25) is 9.00 Å². The summed E-state index contributed by atoms with van der Waals surface area (Å²) in [6.07, 6.45) is 0.716. The van der Waals surface area contributed by atoms with E-state index in [1.54, 1.807) is 31.2 Å². The third-order valence-electron chi connectivity index (χ3n) is 3.45. The average Bonchev–Trinajstić information content (AvgIpc) is 2.83. The van der Waals surface area contributed by atoms with Gasteiger partial charge >= 0.3 is 0 Å². The summed E-state index contributed by atoms with van der Waals surface area (Å²) in [6.45, 7) is 4.26. The molecule has 0 spiro atoms. The van der Waals surface area contributed by atoms with Crippen LogP contribution in [0.5, 0.6) is 0 Å². The lowest BCUT2D eigenvalue weighted by molar-refractivity contribution is 0.0992. The van der Waals surface area contributed by atoms with Crippen LogP contribution in [0.3, 0.4) is 0 Å². The summed E-state index contributed by atoms with van der Waals surface area (Å²) in [4.78, 5) is 12.3. The first-order valence-corrected chi connectivity index (χ1v) is 7.97. The van der Waals surface area contributed by atoms with Gasteiger partial charge in [0.2, 0.25) is 0 Å². The molecular formula is C14H17ClO3S. The minimum atomic E-state index is -1.21. The van der Waals surface area contributed by atoms with Crippen LogP contribution in [0.2, 0.25) is 5.02 Å². The molecule has 0 amide bonds. The summed E-state index contributed by atoms with van der Waals surface area (Å²) < 4.78 is 17.8. The molecule has 0 radical (unpaired) electrons. The normalized spacial score (nSPS) is 26.1. The summed E-state index contributed by atoms with van der Waals surface area (Å²) in [5, 5.41) is 0.0183. The van der Waals surface area contributed by atoms with E-state index in [9.17, 15) is 9.00 Å². The number of ketones is 1. The molecule has 3 nitrogen and oxygen atoms in total. The van der Waals surface area contributed by atoms with Crippen LogP contribution in [-0.2, 0) is 15.5 Å². The van der Waals surface area contributed by atoms with Crippen LogP contribution in [-0.4, -0.2) is 33.2 Å². The van der Waals surface area contributed by atoms with Crippen LogP contribution in [0.1, 0.15) is 30.6 Å². The van der Waals surface area contributed by atoms with E-state index in [1.807, 2.05) is 6.92 Å². The Kier molecular flexibility index (Phi) is 4.76. The van der Waals surface area contributed by atoms with Crippen LogP contribution in [0, 0.1) is 0 Å². The van der Waals surface area contributed by atoms with E-state index in [1.165, 1.54) is 0 Å². The van der Waals surface area contributed by atoms with Gasteiger partial charge in [0, 0.05) is 28.0 Å². The first-order chi connectivity index (χ1) is 9.00. The fourth-order valence-electron chi connectivity index (χ4n) is 2.23. The molecule has 1 heterocycles. The number of hydrogen-bond acceptors (Lipinski definition) is 3. The summed E-state index contributed by atoms with van der Waals surface area (Å²) in [6, 6.07) is 6.69. The highest BCUT2D eigenvalue weighted by molar-refractivity contribution is 7.87. The molecule has 104 valence electrons. The zero-order valence-corrected chi connectivity index (χ0v) is 12.5. The maximum Gasteiger partial charge on any atom is 0.178 e. The van der Waals surface area contributed by atoms with Crippen LogP contribution < -0.4 is 0 Å². The Labute approximate surface area is 120 Å². The molecule has 1 fully saturated rings. The molecule has 5 heteroatoms. The zero-order chi connectivity index (χ0) is 14.0. The zero-order valence-electron chi connectivity index (χ0n) is 11.0. The van der Waals surface area contributed by atoms with Crippen molar-refractivity contribution in [3.05, 3.63) is 34.9 Å². The van der Waals surface area contributed by atoms with Gasteiger partial charge in [0.1, 0.15) is 0 Å². The predicted molar refractivity (Wildman–Crippen MR) is 77.2 cm³/mol. The van der Waals surface area contributed by atoms with Gasteiger partial charge in [-0.15, -0.1) is 0 Å². The second-order valence-corrected chi connectivity index (χ2v) is 7.15. The molecule has 1 aromatic carbocycles. The Morgan fingerprint density at radius 2 is 2.05 bits per heavy atom. The summed E-state index contributed by atoms with van der Waals surface area (Å²) in [7, 11) is -1.21. The van der Waals surface area contributed by atoms with Gasteiger partial charge in [-0.25, -0.2) is 0 Å². The van der Waals surface area contributed by atoms with Gasteiger partial charge in [0.15, 0.2) is 5.78 Å². The van der Waals surface area contributed by atoms with Gasteiger partial charge in [-0.2, -0.15) is 0 Å². The van der Waals surface area contributed by atoms with Crippen molar-refractivity contribution in [2.75, 3.05) is 6.61 Å². The molecule has 1 aromatic rings. The van der Waals surface area contributed by atoms with Crippen LogP contribution in [0.15, 0.2) is 24.3 Å². The Bertz CT molecular complexity index is 486. The average molecular weight is 301 g/mol. The second-order valence-electron chi connectivity index (χ2n) is 4.74. The SMILES string of the molecule is CC1OCCC1S(=O)C(C)C(=O)c1ccc(Cl)cc1. The molecule has 0 aromatic heterocycles. The molecule has 19 heavy (non-hydrogen) atoms. The molecule has 0 saturated carbocycles. The van der Waals surface area contributed by atoms with E-state index in [0.29, 0.717) is 17.2 Å². The monoisotopic (exact) mass is 300 g/mol. The molecule has 4 atom stereocenters. The van der Waals surface area contributed by atoms with E-state index in [4.69, 9.17) is 16.3 Å². The maximum atomic E-state index is 12.4.